The zero-order valence-electron chi connectivity index (χ0n) is 13.0. The van der Waals surface area contributed by atoms with Crippen molar-refractivity contribution in [3.05, 3.63) is 23.6 Å². The third-order valence-corrected chi connectivity index (χ3v) is 4.15. The van der Waals surface area contributed by atoms with Gasteiger partial charge in [0.15, 0.2) is 0 Å². The molecule has 2 aliphatic rings. The van der Waals surface area contributed by atoms with Gasteiger partial charge in [-0.25, -0.2) is 4.79 Å². The number of allylic oxidation sites excluding steroid dienone is 2. The van der Waals surface area contributed by atoms with Crippen LogP contribution in [0.5, 0.6) is 0 Å². The highest BCUT2D eigenvalue weighted by molar-refractivity contribution is 5.76. The van der Waals surface area contributed by atoms with E-state index in [0.717, 1.165) is 37.4 Å². The van der Waals surface area contributed by atoms with Crippen LogP contribution < -0.4 is 10.6 Å². The second-order valence-corrected chi connectivity index (χ2v) is 5.37. The number of hydrogen-bond acceptors (Lipinski definition) is 4. The molecule has 1 unspecified atom stereocenters. The van der Waals surface area contributed by atoms with E-state index < -0.39 is 0 Å². The summed E-state index contributed by atoms with van der Waals surface area (Å²) >= 11 is 0. The van der Waals surface area contributed by atoms with E-state index in [9.17, 15) is 4.79 Å². The van der Waals surface area contributed by atoms with Crippen molar-refractivity contribution >= 4 is 6.03 Å². The van der Waals surface area contributed by atoms with E-state index in [0.29, 0.717) is 12.5 Å². The summed E-state index contributed by atoms with van der Waals surface area (Å²) < 4.78 is 10.6. The Morgan fingerprint density at radius 1 is 1.29 bits per heavy atom. The van der Waals surface area contributed by atoms with Crippen LogP contribution in [0, 0.1) is 0 Å². The molecule has 0 bridgehead atoms. The largest absolute Gasteiger partial charge is 0.498 e. The van der Waals surface area contributed by atoms with Crippen molar-refractivity contribution in [1.29, 1.82) is 0 Å². The number of urea groups is 1. The van der Waals surface area contributed by atoms with Crippen LogP contribution in [0.3, 0.4) is 0 Å². The average Bonchev–Trinajstić information content (AvgIpc) is 2.54. The minimum atomic E-state index is -0.134. The fourth-order valence-electron chi connectivity index (χ4n) is 2.74. The number of piperidine rings is 1. The molecule has 1 fully saturated rings. The van der Waals surface area contributed by atoms with Crippen molar-refractivity contribution < 1.29 is 14.3 Å². The monoisotopic (exact) mass is 295 g/mol. The van der Waals surface area contributed by atoms with E-state index in [1.165, 1.54) is 0 Å². The number of hydrogen-bond donors (Lipinski definition) is 2. The van der Waals surface area contributed by atoms with Gasteiger partial charge in [-0.3, -0.25) is 0 Å². The fourth-order valence-corrected chi connectivity index (χ4v) is 2.74. The van der Waals surface area contributed by atoms with Gasteiger partial charge in [-0.1, -0.05) is 0 Å². The third kappa shape index (κ3) is 3.98. The predicted molar refractivity (Wildman–Crippen MR) is 80.8 cm³/mol. The summed E-state index contributed by atoms with van der Waals surface area (Å²) in [6.07, 6.45) is 6.21. The highest BCUT2D eigenvalue weighted by Gasteiger charge is 2.25. The topological polar surface area (TPSA) is 62.8 Å². The van der Waals surface area contributed by atoms with Crippen LogP contribution in [0.1, 0.15) is 19.3 Å². The Kier molecular flexibility index (Phi) is 5.64. The number of nitrogens with one attached hydrogen (secondary N) is 2. The molecule has 0 aromatic rings. The average molecular weight is 295 g/mol. The second-order valence-electron chi connectivity index (χ2n) is 5.37. The molecule has 6 nitrogen and oxygen atoms in total. The number of nitrogens with zero attached hydrogens (tertiary/aromatic N) is 1. The Morgan fingerprint density at radius 2 is 2.00 bits per heavy atom. The molecule has 1 aliphatic heterocycles. The third-order valence-electron chi connectivity index (χ3n) is 4.15. The summed E-state index contributed by atoms with van der Waals surface area (Å²) in [5.74, 6) is 0.783. The summed E-state index contributed by atoms with van der Waals surface area (Å²) in [5, 5.41) is 6.24. The standard InChI is InChI=1S/C15H25N3O3/c1-16-11-6-8-18(9-7-11)15(19)17-12-4-5-13(20-2)14(10-12)21-3/h4-5,11,14,16H,6-10H2,1-3H3,(H,17,19). The van der Waals surface area contributed by atoms with Crippen LogP contribution in [0.4, 0.5) is 4.79 Å². The molecule has 21 heavy (non-hydrogen) atoms. The molecule has 0 aromatic carbocycles. The molecule has 0 spiro atoms. The summed E-state index contributed by atoms with van der Waals surface area (Å²) in [7, 11) is 5.24. The van der Waals surface area contributed by atoms with Gasteiger partial charge in [0.2, 0.25) is 0 Å². The molecular weight excluding hydrogens is 270 g/mol. The van der Waals surface area contributed by atoms with Gasteiger partial charge in [0.05, 0.1) is 7.11 Å². The Bertz CT molecular complexity index is 426. The Morgan fingerprint density at radius 3 is 2.57 bits per heavy atom. The van der Waals surface area contributed by atoms with Gasteiger partial charge in [-0.05, 0) is 32.0 Å². The minimum Gasteiger partial charge on any atom is -0.498 e. The van der Waals surface area contributed by atoms with Gasteiger partial charge in [0.1, 0.15) is 11.9 Å². The summed E-state index contributed by atoms with van der Waals surface area (Å²) in [6, 6.07) is 0.493. The quantitative estimate of drug-likeness (QED) is 0.818. The van der Waals surface area contributed by atoms with Gasteiger partial charge in [-0.15, -0.1) is 0 Å². The van der Waals surface area contributed by atoms with E-state index in [1.807, 2.05) is 24.1 Å². The number of ether oxygens (including phenoxy) is 2. The van der Waals surface area contributed by atoms with Crippen LogP contribution in [0.25, 0.3) is 0 Å². The first kappa shape index (κ1) is 15.9. The zero-order chi connectivity index (χ0) is 15.2. The zero-order valence-corrected chi connectivity index (χ0v) is 13.0. The van der Waals surface area contributed by atoms with Gasteiger partial charge in [0, 0.05) is 38.4 Å². The van der Waals surface area contributed by atoms with Crippen LogP contribution >= 0.6 is 0 Å². The maximum atomic E-state index is 12.3. The highest BCUT2D eigenvalue weighted by Crippen LogP contribution is 2.21. The first-order chi connectivity index (χ1) is 10.2. The van der Waals surface area contributed by atoms with E-state index in [4.69, 9.17) is 9.47 Å². The molecule has 0 radical (unpaired) electrons. The molecule has 2 rings (SSSR count). The molecule has 6 heteroatoms. The molecular formula is C15H25N3O3. The van der Waals surface area contributed by atoms with Crippen molar-refractivity contribution in [2.24, 2.45) is 0 Å². The van der Waals surface area contributed by atoms with E-state index in [1.54, 1.807) is 14.2 Å². The first-order valence-corrected chi connectivity index (χ1v) is 7.38. The maximum absolute atomic E-state index is 12.3. The van der Waals surface area contributed by atoms with Crippen molar-refractivity contribution in [1.82, 2.24) is 15.5 Å². The van der Waals surface area contributed by atoms with E-state index in [2.05, 4.69) is 10.6 Å². The molecule has 0 aromatic heterocycles. The molecule has 118 valence electrons. The van der Waals surface area contributed by atoms with Crippen LogP contribution in [0.2, 0.25) is 0 Å². The Labute approximate surface area is 126 Å². The first-order valence-electron chi connectivity index (χ1n) is 7.38. The van der Waals surface area contributed by atoms with Gasteiger partial charge in [0.25, 0.3) is 0 Å². The molecule has 2 N–H and O–H groups in total. The minimum absolute atomic E-state index is 0.0278. The SMILES string of the molecule is CNC1CCN(C(=O)NC2=CC=C(OC)C(OC)C2)CC1. The number of carbonyl (C=O) groups excluding carboxylic acids is 1. The number of methoxy groups -OCH3 is 2. The number of amides is 2. The lowest BCUT2D eigenvalue weighted by Crippen LogP contribution is -2.48. The van der Waals surface area contributed by atoms with Crippen LogP contribution in [-0.2, 0) is 9.47 Å². The van der Waals surface area contributed by atoms with Crippen molar-refractivity contribution in [2.75, 3.05) is 34.4 Å². The van der Waals surface area contributed by atoms with Gasteiger partial charge >= 0.3 is 6.03 Å². The van der Waals surface area contributed by atoms with Crippen molar-refractivity contribution in [2.45, 2.75) is 31.4 Å². The molecule has 1 aliphatic carbocycles. The van der Waals surface area contributed by atoms with E-state index in [-0.39, 0.29) is 12.1 Å². The normalized spacial score (nSPS) is 23.4. The Hall–Kier alpha value is -1.53. The van der Waals surface area contributed by atoms with Crippen LogP contribution in [0.15, 0.2) is 23.6 Å². The molecule has 1 heterocycles. The summed E-state index contributed by atoms with van der Waals surface area (Å²) in [6.45, 7) is 1.58. The Balaban J connectivity index is 1.89. The van der Waals surface area contributed by atoms with Crippen LogP contribution in [-0.4, -0.2) is 57.4 Å². The molecule has 1 saturated heterocycles. The lowest BCUT2D eigenvalue weighted by Gasteiger charge is -2.32. The smallest absolute Gasteiger partial charge is 0.321 e. The highest BCUT2D eigenvalue weighted by atomic mass is 16.5. The fraction of sp³-hybridized carbons (Fsp3) is 0.667. The van der Waals surface area contributed by atoms with Gasteiger partial charge in [-0.2, -0.15) is 0 Å². The molecule has 2 amide bonds. The summed E-state index contributed by atoms with van der Waals surface area (Å²) in [4.78, 5) is 14.1. The number of rotatable bonds is 4. The predicted octanol–water partition coefficient (Wildman–Crippen LogP) is 1.21. The molecule has 0 saturated carbocycles. The lowest BCUT2D eigenvalue weighted by atomic mass is 10.1. The van der Waals surface area contributed by atoms with E-state index >= 15 is 0 Å². The van der Waals surface area contributed by atoms with Crippen molar-refractivity contribution in [3.8, 4) is 0 Å². The lowest BCUT2D eigenvalue weighted by molar-refractivity contribution is 0.0761. The maximum Gasteiger partial charge on any atom is 0.321 e. The second kappa shape index (κ2) is 7.47. The number of likely N-dealkylation sites (tertiary alicyclic amines) is 1. The molecule has 1 atom stereocenters. The number of carbonyl (C=O) groups is 1. The summed E-state index contributed by atoms with van der Waals surface area (Å²) in [5.41, 5.74) is 0.864. The van der Waals surface area contributed by atoms with Gasteiger partial charge < -0.3 is 25.0 Å². The van der Waals surface area contributed by atoms with Crippen molar-refractivity contribution in [3.63, 3.8) is 0 Å².